The zero-order valence-corrected chi connectivity index (χ0v) is 10.0. The second kappa shape index (κ2) is 4.89. The summed E-state index contributed by atoms with van der Waals surface area (Å²) < 4.78 is 4.87. The summed E-state index contributed by atoms with van der Waals surface area (Å²) in [5.41, 5.74) is 5.99. The van der Waals surface area contributed by atoms with Crippen molar-refractivity contribution in [2.75, 3.05) is 6.54 Å². The number of carbonyl (C=O) groups excluding carboxylic acids is 1. The standard InChI is InChI=1S/C11H16N2O2.ClH/c1-11(7-12,9-2-3-9)13-10(14)8-4-5-15-6-8;/h4-6,9H,2-3,7,12H2,1H3,(H,13,14);1H. The third kappa shape index (κ3) is 2.57. The smallest absolute Gasteiger partial charge is 0.255 e. The third-order valence-corrected chi connectivity index (χ3v) is 3.08. The van der Waals surface area contributed by atoms with Gasteiger partial charge in [0.05, 0.1) is 17.4 Å². The molecule has 1 heterocycles. The lowest BCUT2D eigenvalue weighted by Gasteiger charge is -2.29. The molecule has 90 valence electrons. The van der Waals surface area contributed by atoms with Crippen molar-refractivity contribution in [3.05, 3.63) is 24.2 Å². The SMILES string of the molecule is CC(CN)(NC(=O)c1ccoc1)C1CC1.Cl. The van der Waals surface area contributed by atoms with Crippen molar-refractivity contribution in [1.82, 2.24) is 5.32 Å². The molecule has 0 spiro atoms. The Morgan fingerprint density at radius 3 is 2.81 bits per heavy atom. The van der Waals surface area contributed by atoms with E-state index in [9.17, 15) is 4.79 Å². The summed E-state index contributed by atoms with van der Waals surface area (Å²) in [6.45, 7) is 2.48. The molecule has 1 unspecified atom stereocenters. The van der Waals surface area contributed by atoms with Crippen LogP contribution < -0.4 is 11.1 Å². The Hall–Kier alpha value is -1.00. The van der Waals surface area contributed by atoms with E-state index in [1.807, 2.05) is 6.92 Å². The Bertz CT molecular complexity index is 349. The normalized spacial score (nSPS) is 18.4. The monoisotopic (exact) mass is 244 g/mol. The van der Waals surface area contributed by atoms with Crippen molar-refractivity contribution in [2.24, 2.45) is 11.7 Å². The molecule has 16 heavy (non-hydrogen) atoms. The van der Waals surface area contributed by atoms with E-state index >= 15 is 0 Å². The van der Waals surface area contributed by atoms with Crippen molar-refractivity contribution in [3.8, 4) is 0 Å². The quantitative estimate of drug-likeness (QED) is 0.845. The van der Waals surface area contributed by atoms with Crippen LogP contribution in [0.3, 0.4) is 0 Å². The summed E-state index contributed by atoms with van der Waals surface area (Å²) in [4.78, 5) is 11.8. The Labute approximate surface area is 101 Å². The maximum atomic E-state index is 11.8. The molecule has 1 aromatic rings. The highest BCUT2D eigenvalue weighted by Crippen LogP contribution is 2.39. The van der Waals surface area contributed by atoms with Crippen molar-refractivity contribution >= 4 is 18.3 Å². The average molecular weight is 245 g/mol. The first-order valence-electron chi connectivity index (χ1n) is 5.20. The largest absolute Gasteiger partial charge is 0.472 e. The molecule has 1 atom stereocenters. The number of hydrogen-bond donors (Lipinski definition) is 2. The number of halogens is 1. The summed E-state index contributed by atoms with van der Waals surface area (Å²) >= 11 is 0. The molecular formula is C11H17ClN2O2. The number of carbonyl (C=O) groups is 1. The predicted octanol–water partition coefficient (Wildman–Crippen LogP) is 1.56. The molecular weight excluding hydrogens is 228 g/mol. The maximum absolute atomic E-state index is 11.8. The zero-order valence-electron chi connectivity index (χ0n) is 9.23. The molecule has 5 heteroatoms. The van der Waals surface area contributed by atoms with Crippen LogP contribution in [0.25, 0.3) is 0 Å². The van der Waals surface area contributed by atoms with Gasteiger partial charge in [0, 0.05) is 6.54 Å². The van der Waals surface area contributed by atoms with Crippen molar-refractivity contribution < 1.29 is 9.21 Å². The molecule has 0 saturated heterocycles. The van der Waals surface area contributed by atoms with Crippen LogP contribution in [0.15, 0.2) is 23.0 Å². The molecule has 1 saturated carbocycles. The summed E-state index contributed by atoms with van der Waals surface area (Å²) in [7, 11) is 0. The van der Waals surface area contributed by atoms with E-state index in [1.165, 1.54) is 12.5 Å². The highest BCUT2D eigenvalue weighted by molar-refractivity contribution is 5.94. The number of nitrogens with one attached hydrogen (secondary N) is 1. The molecule has 0 aromatic carbocycles. The van der Waals surface area contributed by atoms with Gasteiger partial charge in [-0.25, -0.2) is 0 Å². The van der Waals surface area contributed by atoms with Gasteiger partial charge in [0.2, 0.25) is 0 Å². The van der Waals surface area contributed by atoms with Crippen molar-refractivity contribution in [3.63, 3.8) is 0 Å². The fourth-order valence-electron chi connectivity index (χ4n) is 1.77. The topological polar surface area (TPSA) is 68.3 Å². The van der Waals surface area contributed by atoms with Crippen LogP contribution >= 0.6 is 12.4 Å². The molecule has 1 aromatic heterocycles. The van der Waals surface area contributed by atoms with E-state index in [1.54, 1.807) is 6.07 Å². The van der Waals surface area contributed by atoms with Crippen molar-refractivity contribution in [2.45, 2.75) is 25.3 Å². The minimum absolute atomic E-state index is 0. The Morgan fingerprint density at radius 1 is 1.69 bits per heavy atom. The molecule has 2 rings (SSSR count). The highest BCUT2D eigenvalue weighted by Gasteiger charge is 2.41. The molecule has 0 radical (unpaired) electrons. The van der Waals surface area contributed by atoms with Gasteiger partial charge in [0.15, 0.2) is 0 Å². The van der Waals surface area contributed by atoms with E-state index < -0.39 is 0 Å². The lowest BCUT2D eigenvalue weighted by molar-refractivity contribution is 0.0897. The molecule has 3 N–H and O–H groups in total. The second-order valence-corrected chi connectivity index (χ2v) is 4.36. The Morgan fingerprint density at radius 2 is 2.38 bits per heavy atom. The Balaban J connectivity index is 0.00000128. The number of rotatable bonds is 4. The average Bonchev–Trinajstić information content (AvgIpc) is 2.94. The minimum Gasteiger partial charge on any atom is -0.472 e. The summed E-state index contributed by atoms with van der Waals surface area (Å²) in [5.74, 6) is 0.418. The summed E-state index contributed by atoms with van der Waals surface area (Å²) in [5, 5.41) is 2.98. The van der Waals surface area contributed by atoms with Crippen LogP contribution in [-0.4, -0.2) is 18.0 Å². The highest BCUT2D eigenvalue weighted by atomic mass is 35.5. The van der Waals surface area contributed by atoms with Gasteiger partial charge in [-0.05, 0) is 31.7 Å². The summed E-state index contributed by atoms with van der Waals surface area (Å²) in [6.07, 6.45) is 5.24. The molecule has 4 nitrogen and oxygen atoms in total. The van der Waals surface area contributed by atoms with E-state index in [0.717, 1.165) is 12.8 Å². The van der Waals surface area contributed by atoms with Gasteiger partial charge in [-0.2, -0.15) is 0 Å². The van der Waals surface area contributed by atoms with Crippen LogP contribution in [0.2, 0.25) is 0 Å². The van der Waals surface area contributed by atoms with E-state index in [-0.39, 0.29) is 23.9 Å². The van der Waals surface area contributed by atoms with Gasteiger partial charge in [0.25, 0.3) is 5.91 Å². The van der Waals surface area contributed by atoms with Gasteiger partial charge in [-0.3, -0.25) is 4.79 Å². The van der Waals surface area contributed by atoms with Crippen LogP contribution in [0.5, 0.6) is 0 Å². The fourth-order valence-corrected chi connectivity index (χ4v) is 1.77. The minimum atomic E-state index is -0.269. The van der Waals surface area contributed by atoms with Gasteiger partial charge in [-0.15, -0.1) is 12.4 Å². The van der Waals surface area contributed by atoms with E-state index in [2.05, 4.69) is 5.32 Å². The maximum Gasteiger partial charge on any atom is 0.255 e. The number of furan rings is 1. The second-order valence-electron chi connectivity index (χ2n) is 4.36. The molecule has 1 aliphatic carbocycles. The lowest BCUT2D eigenvalue weighted by atomic mass is 9.95. The first kappa shape index (κ1) is 13.1. The van der Waals surface area contributed by atoms with E-state index in [0.29, 0.717) is 18.0 Å². The molecule has 1 fully saturated rings. The number of amides is 1. The molecule has 0 aliphatic heterocycles. The molecule has 1 amide bonds. The van der Waals surface area contributed by atoms with Crippen molar-refractivity contribution in [1.29, 1.82) is 0 Å². The van der Waals surface area contributed by atoms with Crippen LogP contribution in [0, 0.1) is 5.92 Å². The molecule has 0 bridgehead atoms. The van der Waals surface area contributed by atoms with Gasteiger partial charge in [-0.1, -0.05) is 0 Å². The number of nitrogens with two attached hydrogens (primary N) is 1. The van der Waals surface area contributed by atoms with Gasteiger partial charge in [0.1, 0.15) is 6.26 Å². The third-order valence-electron chi connectivity index (χ3n) is 3.08. The first-order valence-corrected chi connectivity index (χ1v) is 5.20. The Kier molecular flexibility index (Phi) is 3.99. The summed E-state index contributed by atoms with van der Waals surface area (Å²) in [6, 6.07) is 1.65. The van der Waals surface area contributed by atoms with Gasteiger partial charge < -0.3 is 15.5 Å². The first-order chi connectivity index (χ1) is 7.15. The van der Waals surface area contributed by atoms with E-state index in [4.69, 9.17) is 10.2 Å². The van der Waals surface area contributed by atoms with Crippen LogP contribution in [0.1, 0.15) is 30.1 Å². The van der Waals surface area contributed by atoms with Crippen LogP contribution in [0.4, 0.5) is 0 Å². The lowest BCUT2D eigenvalue weighted by Crippen LogP contribution is -2.53. The van der Waals surface area contributed by atoms with Crippen LogP contribution in [-0.2, 0) is 0 Å². The zero-order chi connectivity index (χ0) is 10.9. The molecule has 1 aliphatic rings. The van der Waals surface area contributed by atoms with Gasteiger partial charge >= 0.3 is 0 Å². The fraction of sp³-hybridized carbons (Fsp3) is 0.545. The number of hydrogen-bond acceptors (Lipinski definition) is 3. The predicted molar refractivity (Wildman–Crippen MR) is 63.6 cm³/mol.